The Balaban J connectivity index is 1.61. The van der Waals surface area contributed by atoms with Gasteiger partial charge in [0.15, 0.2) is 0 Å². The maximum atomic E-state index is 13.2. The lowest BCUT2D eigenvalue weighted by Crippen LogP contribution is -2.13. The molecule has 1 N–H and O–H groups in total. The molecule has 0 aliphatic carbocycles. The first-order valence-corrected chi connectivity index (χ1v) is 10.0. The second-order valence-corrected chi connectivity index (χ2v) is 7.59. The highest BCUT2D eigenvalue weighted by Gasteiger charge is 2.22. The van der Waals surface area contributed by atoms with Crippen molar-refractivity contribution >= 4 is 39.0 Å². The van der Waals surface area contributed by atoms with Crippen molar-refractivity contribution in [2.75, 3.05) is 11.9 Å². The van der Waals surface area contributed by atoms with Crippen LogP contribution in [-0.2, 0) is 4.74 Å². The van der Waals surface area contributed by atoms with Gasteiger partial charge < -0.3 is 14.6 Å². The molecule has 4 aromatic rings. The average Bonchev–Trinajstić information content (AvgIpc) is 3.32. The molecule has 1 amide bonds. The first-order valence-electron chi connectivity index (χ1n) is 9.20. The fourth-order valence-electron chi connectivity index (χ4n) is 3.06. The Hall–Kier alpha value is -3.52. The lowest BCUT2D eigenvalue weighted by Gasteiger charge is -2.06. The first-order chi connectivity index (χ1) is 14.5. The average molecular weight is 424 g/mol. The van der Waals surface area contributed by atoms with E-state index in [0.29, 0.717) is 34.2 Å². The molecule has 0 fully saturated rings. The van der Waals surface area contributed by atoms with Crippen molar-refractivity contribution < 1.29 is 23.2 Å². The van der Waals surface area contributed by atoms with E-state index in [4.69, 9.17) is 9.26 Å². The lowest BCUT2D eigenvalue weighted by atomic mass is 10.1. The predicted octanol–water partition coefficient (Wildman–Crippen LogP) is 5.43. The molecule has 0 aliphatic heterocycles. The number of thiophene rings is 1. The number of amides is 1. The van der Waals surface area contributed by atoms with Gasteiger partial charge in [0.25, 0.3) is 5.91 Å². The summed E-state index contributed by atoms with van der Waals surface area (Å²) in [7, 11) is 0. The number of nitrogens with zero attached hydrogens (tertiary/aromatic N) is 1. The smallest absolute Gasteiger partial charge is 0.348 e. The molecule has 8 heteroatoms. The van der Waals surface area contributed by atoms with Gasteiger partial charge >= 0.3 is 5.97 Å². The molecule has 30 heavy (non-hydrogen) atoms. The molecule has 6 nitrogen and oxygen atoms in total. The van der Waals surface area contributed by atoms with Gasteiger partial charge in [-0.2, -0.15) is 0 Å². The fourth-order valence-corrected chi connectivity index (χ4v) is 4.00. The molecule has 0 unspecified atom stereocenters. The largest absolute Gasteiger partial charge is 0.462 e. The summed E-state index contributed by atoms with van der Waals surface area (Å²) in [6.45, 7) is 3.71. The Morgan fingerprint density at radius 1 is 1.17 bits per heavy atom. The minimum absolute atomic E-state index is 0.277. The maximum Gasteiger partial charge on any atom is 0.348 e. The highest BCUT2D eigenvalue weighted by molar-refractivity contribution is 7.20. The van der Waals surface area contributed by atoms with Crippen molar-refractivity contribution in [3.05, 3.63) is 70.5 Å². The highest BCUT2D eigenvalue weighted by atomic mass is 32.1. The van der Waals surface area contributed by atoms with Gasteiger partial charge in [-0.15, -0.1) is 11.3 Å². The zero-order chi connectivity index (χ0) is 21.3. The van der Waals surface area contributed by atoms with Crippen LogP contribution in [0, 0.1) is 12.7 Å². The number of halogens is 1. The van der Waals surface area contributed by atoms with E-state index in [1.54, 1.807) is 32.0 Å². The third kappa shape index (κ3) is 3.81. The number of carbonyl (C=O) groups excluding carboxylic acids is 2. The van der Waals surface area contributed by atoms with Gasteiger partial charge in [0, 0.05) is 16.0 Å². The van der Waals surface area contributed by atoms with E-state index < -0.39 is 5.91 Å². The van der Waals surface area contributed by atoms with Crippen LogP contribution >= 0.6 is 11.3 Å². The van der Waals surface area contributed by atoms with Gasteiger partial charge in [-0.3, -0.25) is 4.79 Å². The van der Waals surface area contributed by atoms with E-state index in [2.05, 4.69) is 10.5 Å². The molecule has 0 bridgehead atoms. The normalized spacial score (nSPS) is 10.9. The second kappa shape index (κ2) is 8.08. The first kappa shape index (κ1) is 19.8. The minimum Gasteiger partial charge on any atom is -0.462 e. The number of ether oxygens (including phenoxy) is 1. The van der Waals surface area contributed by atoms with Gasteiger partial charge in [-0.25, -0.2) is 9.18 Å². The molecule has 0 saturated carbocycles. The van der Waals surface area contributed by atoms with Crippen molar-refractivity contribution in [3.8, 4) is 11.3 Å². The Kier molecular flexibility index (Phi) is 5.33. The van der Waals surface area contributed by atoms with Crippen molar-refractivity contribution in [2.45, 2.75) is 13.8 Å². The predicted molar refractivity (Wildman–Crippen MR) is 112 cm³/mol. The molecule has 152 valence electrons. The molecular formula is C22H17FN2O4S. The summed E-state index contributed by atoms with van der Waals surface area (Å²) in [5, 5.41) is 7.62. The molecule has 4 rings (SSSR count). The Morgan fingerprint density at radius 3 is 2.67 bits per heavy atom. The summed E-state index contributed by atoms with van der Waals surface area (Å²) in [6.07, 6.45) is 0. The van der Waals surface area contributed by atoms with E-state index in [0.717, 1.165) is 10.1 Å². The molecule has 0 aliphatic rings. The Morgan fingerprint density at radius 2 is 1.93 bits per heavy atom. The number of hydrogen-bond acceptors (Lipinski definition) is 6. The van der Waals surface area contributed by atoms with Crippen LogP contribution in [-0.4, -0.2) is 23.6 Å². The minimum atomic E-state index is -0.395. The topological polar surface area (TPSA) is 81.4 Å². The summed E-state index contributed by atoms with van der Waals surface area (Å²) in [5.41, 5.74) is 1.75. The van der Waals surface area contributed by atoms with Crippen LogP contribution in [0.5, 0.6) is 0 Å². The van der Waals surface area contributed by atoms with Gasteiger partial charge in [-0.1, -0.05) is 5.16 Å². The molecule has 0 radical (unpaired) electrons. The summed E-state index contributed by atoms with van der Waals surface area (Å²) in [5.74, 6) is -0.786. The zero-order valence-corrected chi connectivity index (χ0v) is 17.0. The van der Waals surface area contributed by atoms with E-state index in [9.17, 15) is 14.0 Å². The molecular weight excluding hydrogens is 407 g/mol. The van der Waals surface area contributed by atoms with Gasteiger partial charge in [-0.05, 0) is 67.8 Å². The monoisotopic (exact) mass is 424 g/mol. The number of rotatable bonds is 5. The molecule has 2 aromatic carbocycles. The van der Waals surface area contributed by atoms with Crippen molar-refractivity contribution in [3.63, 3.8) is 0 Å². The number of esters is 1. The van der Waals surface area contributed by atoms with Crippen molar-refractivity contribution in [1.29, 1.82) is 0 Å². The molecule has 2 heterocycles. The number of fused-ring (bicyclic) bond motifs is 1. The third-order valence-electron chi connectivity index (χ3n) is 4.46. The summed E-state index contributed by atoms with van der Waals surface area (Å²) in [6, 6.07) is 12.8. The number of aromatic nitrogens is 1. The van der Waals surface area contributed by atoms with Crippen LogP contribution in [0.25, 0.3) is 21.3 Å². The van der Waals surface area contributed by atoms with Crippen LogP contribution in [0.2, 0.25) is 0 Å². The fraction of sp³-hybridized carbons (Fsp3) is 0.136. The van der Waals surface area contributed by atoms with Gasteiger partial charge in [0.05, 0.1) is 6.61 Å². The van der Waals surface area contributed by atoms with Crippen molar-refractivity contribution in [1.82, 2.24) is 5.16 Å². The van der Waals surface area contributed by atoms with Crippen LogP contribution < -0.4 is 5.32 Å². The van der Waals surface area contributed by atoms with Gasteiger partial charge in [0.2, 0.25) is 0 Å². The van der Waals surface area contributed by atoms with E-state index in [-0.39, 0.29) is 17.3 Å². The lowest BCUT2D eigenvalue weighted by molar-refractivity contribution is 0.0532. The summed E-state index contributed by atoms with van der Waals surface area (Å²) in [4.78, 5) is 25.4. The second-order valence-electron chi connectivity index (χ2n) is 6.51. The molecule has 2 aromatic heterocycles. The number of benzene rings is 2. The van der Waals surface area contributed by atoms with Crippen LogP contribution in [0.3, 0.4) is 0 Å². The van der Waals surface area contributed by atoms with E-state index >= 15 is 0 Å². The SMILES string of the molecule is CCOC(=O)c1cc2cc(NC(=O)c3c(-c4ccc(F)cc4)noc3C)ccc2s1. The van der Waals surface area contributed by atoms with Crippen molar-refractivity contribution in [2.24, 2.45) is 0 Å². The van der Waals surface area contributed by atoms with Crippen LogP contribution in [0.15, 0.2) is 53.1 Å². The molecule has 0 spiro atoms. The van der Waals surface area contributed by atoms with Crippen LogP contribution in [0.4, 0.5) is 10.1 Å². The quantitative estimate of drug-likeness (QED) is 0.432. The molecule has 0 atom stereocenters. The Bertz CT molecular complexity index is 1240. The third-order valence-corrected chi connectivity index (χ3v) is 5.55. The highest BCUT2D eigenvalue weighted by Crippen LogP contribution is 2.30. The number of carbonyl (C=O) groups is 2. The summed E-state index contributed by atoms with van der Waals surface area (Å²) < 4.78 is 24.4. The van der Waals surface area contributed by atoms with E-state index in [1.165, 1.54) is 35.6 Å². The number of hydrogen-bond donors (Lipinski definition) is 1. The standard InChI is InChI=1S/C22H17FN2O4S/c1-3-28-22(27)18-11-14-10-16(8-9-17(14)30-18)24-21(26)19-12(2)29-25-20(19)13-4-6-15(23)7-5-13/h4-11H,3H2,1-2H3,(H,24,26). The Labute approximate surface area is 175 Å². The maximum absolute atomic E-state index is 13.2. The van der Waals surface area contributed by atoms with Crippen LogP contribution in [0.1, 0.15) is 32.7 Å². The van der Waals surface area contributed by atoms with E-state index in [1.807, 2.05) is 6.07 Å². The van der Waals surface area contributed by atoms with Gasteiger partial charge in [0.1, 0.15) is 27.7 Å². The molecule has 0 saturated heterocycles. The number of anilines is 1. The number of nitrogens with one attached hydrogen (secondary N) is 1. The number of aryl methyl sites for hydroxylation is 1. The zero-order valence-electron chi connectivity index (χ0n) is 16.2. The summed E-state index contributed by atoms with van der Waals surface area (Å²) >= 11 is 1.33.